The van der Waals surface area contributed by atoms with Crippen LogP contribution in [0.15, 0.2) is 16.7 Å². The summed E-state index contributed by atoms with van der Waals surface area (Å²) in [6.07, 6.45) is 3.48. The molecule has 2 N–H and O–H groups in total. The average Bonchev–Trinajstić information content (AvgIpc) is 2.60. The maximum absolute atomic E-state index is 11.8. The van der Waals surface area contributed by atoms with E-state index in [0.29, 0.717) is 18.7 Å². The standard InChI is InChI=1S/C11H17BrN2O2/c1-2-5-14-8-9(12)7-10(14)11(16)13-4-3-6-15/h7-8,15H,2-6H2,1H3,(H,13,16). The molecule has 1 heterocycles. The largest absolute Gasteiger partial charge is 0.396 e. The molecule has 0 aliphatic rings. The molecule has 0 bridgehead atoms. The smallest absolute Gasteiger partial charge is 0.267 e. The van der Waals surface area contributed by atoms with Crippen molar-refractivity contribution in [1.82, 2.24) is 9.88 Å². The number of carbonyl (C=O) groups excluding carboxylic acids is 1. The summed E-state index contributed by atoms with van der Waals surface area (Å²) in [6, 6.07) is 1.81. The third kappa shape index (κ3) is 3.64. The third-order valence-corrected chi connectivity index (χ3v) is 2.61. The van der Waals surface area contributed by atoms with E-state index in [0.717, 1.165) is 17.4 Å². The van der Waals surface area contributed by atoms with Crippen LogP contribution in [0, 0.1) is 0 Å². The van der Waals surface area contributed by atoms with Gasteiger partial charge in [0.15, 0.2) is 0 Å². The number of aliphatic hydroxyl groups is 1. The SMILES string of the molecule is CCCn1cc(Br)cc1C(=O)NCCCO. The summed E-state index contributed by atoms with van der Waals surface area (Å²) < 4.78 is 2.84. The molecule has 0 fully saturated rings. The molecule has 0 radical (unpaired) electrons. The van der Waals surface area contributed by atoms with Crippen LogP contribution in [-0.4, -0.2) is 28.7 Å². The number of aryl methyl sites for hydroxylation is 1. The summed E-state index contributed by atoms with van der Waals surface area (Å²) in [7, 11) is 0. The fourth-order valence-corrected chi connectivity index (χ4v) is 1.93. The van der Waals surface area contributed by atoms with E-state index in [2.05, 4.69) is 28.2 Å². The molecule has 0 spiro atoms. The Hall–Kier alpha value is -0.810. The Morgan fingerprint density at radius 2 is 2.38 bits per heavy atom. The first kappa shape index (κ1) is 13.3. The Labute approximate surface area is 104 Å². The highest BCUT2D eigenvalue weighted by Gasteiger charge is 2.11. The molecule has 0 unspecified atom stereocenters. The van der Waals surface area contributed by atoms with Gasteiger partial charge in [0, 0.05) is 30.4 Å². The van der Waals surface area contributed by atoms with Gasteiger partial charge in [-0.15, -0.1) is 0 Å². The first-order chi connectivity index (χ1) is 7.69. The number of halogens is 1. The molecule has 0 saturated carbocycles. The highest BCUT2D eigenvalue weighted by Crippen LogP contribution is 2.15. The van der Waals surface area contributed by atoms with E-state index in [1.165, 1.54) is 0 Å². The lowest BCUT2D eigenvalue weighted by molar-refractivity contribution is 0.0941. The van der Waals surface area contributed by atoms with Gasteiger partial charge in [0.2, 0.25) is 0 Å². The van der Waals surface area contributed by atoms with E-state index >= 15 is 0 Å². The summed E-state index contributed by atoms with van der Waals surface area (Å²) in [5.74, 6) is -0.0902. The van der Waals surface area contributed by atoms with Crippen LogP contribution < -0.4 is 5.32 Å². The molecule has 1 amide bonds. The normalized spacial score (nSPS) is 10.4. The second-order valence-electron chi connectivity index (χ2n) is 3.57. The summed E-state index contributed by atoms with van der Waals surface area (Å²) in [5.41, 5.74) is 0.659. The number of amides is 1. The van der Waals surface area contributed by atoms with Gasteiger partial charge in [-0.1, -0.05) is 6.92 Å². The van der Waals surface area contributed by atoms with Crippen LogP contribution in [-0.2, 0) is 6.54 Å². The Morgan fingerprint density at radius 3 is 3.00 bits per heavy atom. The van der Waals surface area contributed by atoms with Crippen molar-refractivity contribution in [2.75, 3.05) is 13.2 Å². The number of aliphatic hydroxyl groups excluding tert-OH is 1. The van der Waals surface area contributed by atoms with Crippen molar-refractivity contribution in [3.63, 3.8) is 0 Å². The van der Waals surface area contributed by atoms with Gasteiger partial charge in [-0.2, -0.15) is 0 Å². The number of nitrogens with one attached hydrogen (secondary N) is 1. The number of aromatic nitrogens is 1. The van der Waals surface area contributed by atoms with E-state index < -0.39 is 0 Å². The molecule has 0 aliphatic heterocycles. The number of rotatable bonds is 6. The maximum atomic E-state index is 11.8. The zero-order chi connectivity index (χ0) is 12.0. The molecule has 16 heavy (non-hydrogen) atoms. The third-order valence-electron chi connectivity index (χ3n) is 2.18. The summed E-state index contributed by atoms with van der Waals surface area (Å²) in [5, 5.41) is 11.4. The van der Waals surface area contributed by atoms with E-state index in [1.54, 1.807) is 0 Å². The van der Waals surface area contributed by atoms with E-state index in [4.69, 9.17) is 5.11 Å². The lowest BCUT2D eigenvalue weighted by atomic mass is 10.3. The lowest BCUT2D eigenvalue weighted by Gasteiger charge is -2.07. The Bertz CT molecular complexity index is 350. The van der Waals surface area contributed by atoms with E-state index in [-0.39, 0.29) is 12.5 Å². The van der Waals surface area contributed by atoms with Crippen molar-refractivity contribution in [3.05, 3.63) is 22.4 Å². The highest BCUT2D eigenvalue weighted by atomic mass is 79.9. The van der Waals surface area contributed by atoms with Crippen LogP contribution in [0.2, 0.25) is 0 Å². The maximum Gasteiger partial charge on any atom is 0.267 e. The van der Waals surface area contributed by atoms with Gasteiger partial charge in [-0.05, 0) is 34.8 Å². The molecule has 0 atom stereocenters. The van der Waals surface area contributed by atoms with Crippen molar-refractivity contribution in [2.45, 2.75) is 26.3 Å². The highest BCUT2D eigenvalue weighted by molar-refractivity contribution is 9.10. The minimum Gasteiger partial charge on any atom is -0.396 e. The van der Waals surface area contributed by atoms with Crippen molar-refractivity contribution in [3.8, 4) is 0 Å². The fourth-order valence-electron chi connectivity index (χ4n) is 1.46. The van der Waals surface area contributed by atoms with Gasteiger partial charge in [0.05, 0.1) is 0 Å². The average molecular weight is 289 g/mol. The molecule has 1 aromatic rings. The molecule has 4 nitrogen and oxygen atoms in total. The number of nitrogens with zero attached hydrogens (tertiary/aromatic N) is 1. The molecule has 1 aromatic heterocycles. The first-order valence-electron chi connectivity index (χ1n) is 5.43. The van der Waals surface area contributed by atoms with Crippen LogP contribution in [0.4, 0.5) is 0 Å². The van der Waals surface area contributed by atoms with Crippen LogP contribution >= 0.6 is 15.9 Å². The molecule has 90 valence electrons. The predicted octanol–water partition coefficient (Wildman–Crippen LogP) is 1.77. The number of hydrogen-bond acceptors (Lipinski definition) is 2. The van der Waals surface area contributed by atoms with Gasteiger partial charge in [0.1, 0.15) is 5.69 Å². The lowest BCUT2D eigenvalue weighted by Crippen LogP contribution is -2.27. The van der Waals surface area contributed by atoms with Crippen LogP contribution in [0.3, 0.4) is 0 Å². The van der Waals surface area contributed by atoms with Gasteiger partial charge < -0.3 is 15.0 Å². The van der Waals surface area contributed by atoms with Crippen molar-refractivity contribution in [1.29, 1.82) is 0 Å². The van der Waals surface area contributed by atoms with Gasteiger partial charge in [-0.3, -0.25) is 4.79 Å². The molecule has 0 aliphatic carbocycles. The fraction of sp³-hybridized carbons (Fsp3) is 0.545. The van der Waals surface area contributed by atoms with Crippen molar-refractivity contribution in [2.24, 2.45) is 0 Å². The quantitative estimate of drug-likeness (QED) is 0.784. The van der Waals surface area contributed by atoms with Crippen molar-refractivity contribution >= 4 is 21.8 Å². The second-order valence-corrected chi connectivity index (χ2v) is 4.49. The van der Waals surface area contributed by atoms with E-state index in [1.807, 2.05) is 16.8 Å². The molecule has 5 heteroatoms. The molecular weight excluding hydrogens is 272 g/mol. The predicted molar refractivity (Wildman–Crippen MR) is 66.5 cm³/mol. The number of hydrogen-bond donors (Lipinski definition) is 2. The van der Waals surface area contributed by atoms with Gasteiger partial charge >= 0.3 is 0 Å². The minimum atomic E-state index is -0.0902. The van der Waals surface area contributed by atoms with Gasteiger partial charge in [0.25, 0.3) is 5.91 Å². The van der Waals surface area contributed by atoms with Crippen LogP contribution in [0.25, 0.3) is 0 Å². The summed E-state index contributed by atoms with van der Waals surface area (Å²) in [6.45, 7) is 3.50. The topological polar surface area (TPSA) is 54.3 Å². The van der Waals surface area contributed by atoms with Crippen LogP contribution in [0.5, 0.6) is 0 Å². The van der Waals surface area contributed by atoms with Crippen LogP contribution in [0.1, 0.15) is 30.3 Å². The van der Waals surface area contributed by atoms with E-state index in [9.17, 15) is 4.79 Å². The molecule has 0 aromatic carbocycles. The molecule has 0 saturated heterocycles. The Kier molecular flexibility index (Phi) is 5.55. The zero-order valence-corrected chi connectivity index (χ0v) is 11.0. The monoisotopic (exact) mass is 288 g/mol. The second kappa shape index (κ2) is 6.70. The minimum absolute atomic E-state index is 0.0902. The number of carbonyl (C=O) groups is 1. The van der Waals surface area contributed by atoms with Gasteiger partial charge in [-0.25, -0.2) is 0 Å². The zero-order valence-electron chi connectivity index (χ0n) is 9.37. The molecule has 1 rings (SSSR count). The van der Waals surface area contributed by atoms with Crippen molar-refractivity contribution < 1.29 is 9.90 Å². The Morgan fingerprint density at radius 1 is 1.62 bits per heavy atom. The molecular formula is C11H17BrN2O2. The Balaban J connectivity index is 2.66. The first-order valence-corrected chi connectivity index (χ1v) is 6.23. The summed E-state index contributed by atoms with van der Waals surface area (Å²) in [4.78, 5) is 11.8. The summed E-state index contributed by atoms with van der Waals surface area (Å²) >= 11 is 3.36.